The summed E-state index contributed by atoms with van der Waals surface area (Å²) >= 11 is 0. The van der Waals surface area contributed by atoms with E-state index in [1.807, 2.05) is 0 Å². The Morgan fingerprint density at radius 3 is 2.88 bits per heavy atom. The molecule has 2 rings (SSSR count). The molecule has 5 heteroatoms. The van der Waals surface area contributed by atoms with E-state index < -0.39 is 5.82 Å². The van der Waals surface area contributed by atoms with Crippen LogP contribution in [0.3, 0.4) is 0 Å². The summed E-state index contributed by atoms with van der Waals surface area (Å²) in [5, 5.41) is 8.72. The first-order valence-corrected chi connectivity index (χ1v) is 5.27. The van der Waals surface area contributed by atoms with E-state index in [0.29, 0.717) is 6.54 Å². The quantitative estimate of drug-likeness (QED) is 0.677. The number of carbonyl (C=O) groups excluding carboxylic acids is 1. The summed E-state index contributed by atoms with van der Waals surface area (Å²) in [6.07, 6.45) is 0. The molecule has 1 unspecified atom stereocenters. The van der Waals surface area contributed by atoms with Gasteiger partial charge in [0.15, 0.2) is 0 Å². The monoisotopic (exact) mass is 223 g/mol. The van der Waals surface area contributed by atoms with Gasteiger partial charge in [0.25, 0.3) is 0 Å². The van der Waals surface area contributed by atoms with E-state index in [2.05, 4.69) is 16.0 Å². The number of piperazine rings is 1. The number of para-hydroxylation sites is 1. The highest BCUT2D eigenvalue weighted by molar-refractivity contribution is 5.95. The lowest BCUT2D eigenvalue weighted by Crippen LogP contribution is -2.54. The molecule has 1 atom stereocenters. The molecule has 4 nitrogen and oxygen atoms in total. The largest absolute Gasteiger partial charge is 0.322 e. The van der Waals surface area contributed by atoms with Crippen LogP contribution >= 0.6 is 0 Å². The molecule has 0 bridgehead atoms. The number of hydrogen-bond acceptors (Lipinski definition) is 3. The molecular formula is C11H14FN3O. The molecular weight excluding hydrogens is 209 g/mol. The van der Waals surface area contributed by atoms with Gasteiger partial charge in [-0.25, -0.2) is 4.39 Å². The van der Waals surface area contributed by atoms with E-state index in [9.17, 15) is 9.18 Å². The van der Waals surface area contributed by atoms with Crippen LogP contribution in [0.15, 0.2) is 24.3 Å². The van der Waals surface area contributed by atoms with Crippen molar-refractivity contribution in [3.8, 4) is 0 Å². The van der Waals surface area contributed by atoms with Gasteiger partial charge in [-0.2, -0.15) is 0 Å². The lowest BCUT2D eigenvalue weighted by molar-refractivity contribution is -0.118. The molecule has 1 aromatic carbocycles. The van der Waals surface area contributed by atoms with Crippen molar-refractivity contribution in [2.24, 2.45) is 0 Å². The van der Waals surface area contributed by atoms with Crippen LogP contribution in [0.4, 0.5) is 10.1 Å². The number of hydrogen-bond donors (Lipinski definition) is 3. The van der Waals surface area contributed by atoms with Crippen LogP contribution in [-0.4, -0.2) is 31.6 Å². The predicted octanol–water partition coefficient (Wildman–Crippen LogP) is 0.326. The second-order valence-corrected chi connectivity index (χ2v) is 3.68. The number of nitrogens with one attached hydrogen (secondary N) is 3. The Labute approximate surface area is 93.2 Å². The van der Waals surface area contributed by atoms with Crippen molar-refractivity contribution >= 4 is 11.6 Å². The zero-order valence-corrected chi connectivity index (χ0v) is 8.79. The first kappa shape index (κ1) is 11.0. The van der Waals surface area contributed by atoms with Gasteiger partial charge in [-0.15, -0.1) is 0 Å². The lowest BCUT2D eigenvalue weighted by Gasteiger charge is -2.23. The molecule has 0 radical (unpaired) electrons. The second-order valence-electron chi connectivity index (χ2n) is 3.68. The molecule has 16 heavy (non-hydrogen) atoms. The third kappa shape index (κ3) is 2.56. The van der Waals surface area contributed by atoms with Gasteiger partial charge >= 0.3 is 0 Å². The first-order chi connectivity index (χ1) is 7.77. The Morgan fingerprint density at radius 2 is 2.19 bits per heavy atom. The van der Waals surface area contributed by atoms with Gasteiger partial charge in [0, 0.05) is 19.6 Å². The SMILES string of the molecule is O=C(Nc1ccccc1F)C1CNCCN1. The molecule has 3 N–H and O–H groups in total. The number of benzene rings is 1. The molecule has 1 aliphatic heterocycles. The van der Waals surface area contributed by atoms with Crippen molar-refractivity contribution in [2.75, 3.05) is 25.0 Å². The molecule has 1 heterocycles. The first-order valence-electron chi connectivity index (χ1n) is 5.27. The maximum atomic E-state index is 13.3. The summed E-state index contributed by atoms with van der Waals surface area (Å²) in [4.78, 5) is 11.7. The van der Waals surface area contributed by atoms with Gasteiger partial charge < -0.3 is 16.0 Å². The van der Waals surface area contributed by atoms with Crippen molar-refractivity contribution in [3.05, 3.63) is 30.1 Å². The minimum absolute atomic E-state index is 0.211. The third-order valence-corrected chi connectivity index (χ3v) is 2.49. The Hall–Kier alpha value is -1.46. The fraction of sp³-hybridized carbons (Fsp3) is 0.364. The van der Waals surface area contributed by atoms with Crippen molar-refractivity contribution < 1.29 is 9.18 Å². The molecule has 0 saturated carbocycles. The Balaban J connectivity index is 1.99. The van der Waals surface area contributed by atoms with Crippen molar-refractivity contribution in [3.63, 3.8) is 0 Å². The standard InChI is InChI=1S/C11H14FN3O/c12-8-3-1-2-4-9(8)15-11(16)10-7-13-5-6-14-10/h1-4,10,13-14H,5-7H2,(H,15,16). The van der Waals surface area contributed by atoms with E-state index in [1.54, 1.807) is 18.2 Å². The number of carbonyl (C=O) groups is 1. The number of anilines is 1. The third-order valence-electron chi connectivity index (χ3n) is 2.49. The van der Waals surface area contributed by atoms with Crippen LogP contribution in [0.5, 0.6) is 0 Å². The maximum Gasteiger partial charge on any atom is 0.242 e. The van der Waals surface area contributed by atoms with E-state index >= 15 is 0 Å². The highest BCUT2D eigenvalue weighted by Crippen LogP contribution is 2.12. The molecule has 0 aliphatic carbocycles. The average molecular weight is 223 g/mol. The van der Waals surface area contributed by atoms with Crippen molar-refractivity contribution in [1.82, 2.24) is 10.6 Å². The molecule has 86 valence electrons. The Kier molecular flexibility index (Phi) is 3.48. The van der Waals surface area contributed by atoms with Gasteiger partial charge in [0.2, 0.25) is 5.91 Å². The van der Waals surface area contributed by atoms with Crippen molar-refractivity contribution in [1.29, 1.82) is 0 Å². The number of halogens is 1. The van der Waals surface area contributed by atoms with Gasteiger partial charge in [-0.05, 0) is 12.1 Å². The molecule has 1 saturated heterocycles. The van der Waals surface area contributed by atoms with Crippen LogP contribution in [-0.2, 0) is 4.79 Å². The molecule has 1 aliphatic rings. The highest BCUT2D eigenvalue weighted by Gasteiger charge is 2.20. The topological polar surface area (TPSA) is 53.2 Å². The summed E-state index contributed by atoms with van der Waals surface area (Å²) in [5.74, 6) is -0.628. The zero-order valence-electron chi connectivity index (χ0n) is 8.79. The Morgan fingerprint density at radius 1 is 1.38 bits per heavy atom. The lowest BCUT2D eigenvalue weighted by atomic mass is 10.2. The van der Waals surface area contributed by atoms with Gasteiger partial charge in [-0.3, -0.25) is 4.79 Å². The summed E-state index contributed by atoms with van der Waals surface area (Å²) in [6.45, 7) is 2.17. The van der Waals surface area contributed by atoms with Crippen LogP contribution in [0.1, 0.15) is 0 Å². The van der Waals surface area contributed by atoms with E-state index in [1.165, 1.54) is 6.07 Å². The van der Waals surface area contributed by atoms with Gasteiger partial charge in [-0.1, -0.05) is 12.1 Å². The average Bonchev–Trinajstić information content (AvgIpc) is 2.33. The van der Waals surface area contributed by atoms with Crippen LogP contribution in [0.2, 0.25) is 0 Å². The molecule has 1 fully saturated rings. The fourth-order valence-electron chi connectivity index (χ4n) is 1.62. The van der Waals surface area contributed by atoms with Crippen LogP contribution < -0.4 is 16.0 Å². The predicted molar refractivity (Wildman–Crippen MR) is 59.7 cm³/mol. The molecule has 0 spiro atoms. The fourth-order valence-corrected chi connectivity index (χ4v) is 1.62. The van der Waals surface area contributed by atoms with Crippen LogP contribution in [0, 0.1) is 5.82 Å². The van der Waals surface area contributed by atoms with Crippen LogP contribution in [0.25, 0.3) is 0 Å². The highest BCUT2D eigenvalue weighted by atomic mass is 19.1. The van der Waals surface area contributed by atoms with E-state index in [-0.39, 0.29) is 17.6 Å². The molecule has 1 amide bonds. The Bertz CT molecular complexity index is 377. The number of amides is 1. The zero-order chi connectivity index (χ0) is 11.4. The molecule has 1 aromatic rings. The minimum Gasteiger partial charge on any atom is -0.322 e. The normalized spacial score (nSPS) is 20.4. The van der Waals surface area contributed by atoms with Gasteiger partial charge in [0.05, 0.1) is 11.7 Å². The molecule has 0 aromatic heterocycles. The number of rotatable bonds is 2. The van der Waals surface area contributed by atoms with Crippen molar-refractivity contribution in [2.45, 2.75) is 6.04 Å². The summed E-state index contributed by atoms with van der Waals surface area (Å²) in [7, 11) is 0. The van der Waals surface area contributed by atoms with Gasteiger partial charge in [0.1, 0.15) is 5.82 Å². The minimum atomic E-state index is -0.417. The van der Waals surface area contributed by atoms with E-state index in [0.717, 1.165) is 13.1 Å². The summed E-state index contributed by atoms with van der Waals surface area (Å²) in [5.41, 5.74) is 0.222. The van der Waals surface area contributed by atoms with E-state index in [4.69, 9.17) is 0 Å². The maximum absolute atomic E-state index is 13.3. The summed E-state index contributed by atoms with van der Waals surface area (Å²) < 4.78 is 13.3. The summed E-state index contributed by atoms with van der Waals surface area (Å²) in [6, 6.07) is 5.84. The smallest absolute Gasteiger partial charge is 0.242 e. The second kappa shape index (κ2) is 5.05.